The molecule has 1 saturated heterocycles. The van der Waals surface area contributed by atoms with E-state index in [1.54, 1.807) is 12.1 Å². The number of allylic oxidation sites excluding steroid dienone is 2. The lowest BCUT2D eigenvalue weighted by Crippen LogP contribution is -2.28. The van der Waals surface area contributed by atoms with Gasteiger partial charge in [0.05, 0.1) is 29.6 Å². The second-order valence-electron chi connectivity index (χ2n) is 6.86. The number of esters is 1. The van der Waals surface area contributed by atoms with Crippen LogP contribution in [0.4, 0.5) is 0 Å². The maximum absolute atomic E-state index is 12.6. The summed E-state index contributed by atoms with van der Waals surface area (Å²) < 4.78 is 10.9. The highest BCUT2D eigenvalue weighted by Crippen LogP contribution is 2.52. The molecule has 2 aliphatic carbocycles. The zero-order valence-electron chi connectivity index (χ0n) is 14.7. The Kier molecular flexibility index (Phi) is 4.38. The van der Waals surface area contributed by atoms with Gasteiger partial charge in [-0.25, -0.2) is 0 Å². The first kappa shape index (κ1) is 17.9. The van der Waals surface area contributed by atoms with E-state index in [-0.39, 0.29) is 41.2 Å². The largest absolute Gasteiger partial charge is 0.493 e. The van der Waals surface area contributed by atoms with E-state index in [9.17, 15) is 14.4 Å². The zero-order chi connectivity index (χ0) is 19.3. The molecule has 1 saturated carbocycles. The molecule has 4 unspecified atom stereocenters. The van der Waals surface area contributed by atoms with E-state index in [1.807, 2.05) is 12.2 Å². The number of nitrogens with zero attached hydrogens (tertiary/aromatic N) is 2. The minimum atomic E-state index is -0.474. The van der Waals surface area contributed by atoms with Crippen molar-refractivity contribution in [1.82, 2.24) is 5.01 Å². The quantitative estimate of drug-likeness (QED) is 0.240. The summed E-state index contributed by atoms with van der Waals surface area (Å²) in [7, 11) is 1.45. The number of rotatable bonds is 4. The molecule has 1 aromatic carbocycles. The van der Waals surface area contributed by atoms with Crippen LogP contribution in [0.3, 0.4) is 0 Å². The fourth-order valence-corrected chi connectivity index (χ4v) is 4.72. The number of hydrazone groups is 1. The second kappa shape index (κ2) is 6.60. The summed E-state index contributed by atoms with van der Waals surface area (Å²) in [4.78, 5) is 36.5. The van der Waals surface area contributed by atoms with Crippen LogP contribution < -0.4 is 9.47 Å². The first-order chi connectivity index (χ1) is 12.9. The first-order valence-corrected chi connectivity index (χ1v) is 9.36. The van der Waals surface area contributed by atoms with Gasteiger partial charge in [0.15, 0.2) is 11.5 Å². The number of amides is 2. The van der Waals surface area contributed by atoms with Gasteiger partial charge in [-0.05, 0) is 51.9 Å². The molecule has 0 radical (unpaired) electrons. The van der Waals surface area contributed by atoms with Crippen molar-refractivity contribution in [2.45, 2.75) is 13.3 Å². The number of imide groups is 1. The number of carbonyl (C=O) groups is 3. The Hall–Kier alpha value is -2.48. The van der Waals surface area contributed by atoms with Crippen molar-refractivity contribution in [3.63, 3.8) is 0 Å². The van der Waals surface area contributed by atoms with Crippen LogP contribution in [-0.2, 0) is 14.4 Å². The summed E-state index contributed by atoms with van der Waals surface area (Å²) in [6.45, 7) is 1.30. The van der Waals surface area contributed by atoms with Crippen LogP contribution >= 0.6 is 15.9 Å². The van der Waals surface area contributed by atoms with Gasteiger partial charge >= 0.3 is 5.97 Å². The van der Waals surface area contributed by atoms with Crippen LogP contribution in [0, 0.1) is 23.7 Å². The number of carbonyl (C=O) groups excluding carboxylic acids is 3. The van der Waals surface area contributed by atoms with E-state index < -0.39 is 5.97 Å². The Labute approximate surface area is 164 Å². The second-order valence-corrected chi connectivity index (χ2v) is 7.71. The Morgan fingerprint density at radius 1 is 1.22 bits per heavy atom. The van der Waals surface area contributed by atoms with Crippen LogP contribution in [-0.4, -0.2) is 36.1 Å². The van der Waals surface area contributed by atoms with Gasteiger partial charge in [0, 0.05) is 6.92 Å². The first-order valence-electron chi connectivity index (χ1n) is 8.56. The fourth-order valence-electron chi connectivity index (χ4n) is 4.18. The molecule has 2 bridgehead atoms. The number of benzene rings is 1. The molecule has 0 N–H and O–H groups in total. The molecule has 4 rings (SSSR count). The molecule has 4 atom stereocenters. The highest BCUT2D eigenvalue weighted by molar-refractivity contribution is 9.10. The Morgan fingerprint density at radius 3 is 2.41 bits per heavy atom. The molecule has 140 valence electrons. The smallest absolute Gasteiger partial charge is 0.308 e. The molecular weight excluding hydrogens is 416 g/mol. The van der Waals surface area contributed by atoms with Crippen molar-refractivity contribution >= 4 is 39.9 Å². The van der Waals surface area contributed by atoms with Crippen molar-refractivity contribution in [3.8, 4) is 11.5 Å². The van der Waals surface area contributed by atoms with Crippen LogP contribution in [0.15, 0.2) is 33.9 Å². The van der Waals surface area contributed by atoms with Gasteiger partial charge in [0.1, 0.15) is 0 Å². The molecule has 0 spiro atoms. The standard InChI is InChI=1S/C19H17BrN2O5/c1-9(23)27-17-13(20)5-10(6-14(17)26-2)8-21-22-18(24)15-11-3-4-12(7-11)16(15)19(22)25/h3-6,8,11-12,15-16H,7H2,1-2H3. The maximum atomic E-state index is 12.6. The van der Waals surface area contributed by atoms with Crippen LogP contribution in [0.2, 0.25) is 0 Å². The van der Waals surface area contributed by atoms with Crippen molar-refractivity contribution in [1.29, 1.82) is 0 Å². The van der Waals surface area contributed by atoms with Gasteiger partial charge < -0.3 is 9.47 Å². The van der Waals surface area contributed by atoms with Gasteiger partial charge in [-0.1, -0.05) is 12.2 Å². The number of hydrogen-bond acceptors (Lipinski definition) is 6. The summed E-state index contributed by atoms with van der Waals surface area (Å²) in [5.74, 6) is -0.621. The zero-order valence-corrected chi connectivity index (χ0v) is 16.3. The lowest BCUT2D eigenvalue weighted by atomic mass is 9.85. The minimum absolute atomic E-state index is 0.147. The molecule has 1 aliphatic heterocycles. The average molecular weight is 433 g/mol. The predicted molar refractivity (Wildman–Crippen MR) is 99.2 cm³/mol. The molecule has 2 amide bonds. The molecule has 27 heavy (non-hydrogen) atoms. The van der Waals surface area contributed by atoms with Gasteiger partial charge in [0.2, 0.25) is 0 Å². The van der Waals surface area contributed by atoms with E-state index in [0.29, 0.717) is 15.8 Å². The third-order valence-electron chi connectivity index (χ3n) is 5.27. The van der Waals surface area contributed by atoms with E-state index in [2.05, 4.69) is 21.0 Å². The van der Waals surface area contributed by atoms with Crippen molar-refractivity contribution < 1.29 is 23.9 Å². The van der Waals surface area contributed by atoms with Gasteiger partial charge in [-0.15, -0.1) is 0 Å². The molecule has 1 heterocycles. The molecule has 2 fully saturated rings. The van der Waals surface area contributed by atoms with E-state index in [0.717, 1.165) is 11.4 Å². The fraction of sp³-hybridized carbons (Fsp3) is 0.368. The normalized spacial score (nSPS) is 28.3. The lowest BCUT2D eigenvalue weighted by Gasteiger charge is -2.13. The number of hydrogen-bond donors (Lipinski definition) is 0. The van der Waals surface area contributed by atoms with Gasteiger partial charge in [-0.3, -0.25) is 14.4 Å². The molecule has 8 heteroatoms. The molecule has 7 nitrogen and oxygen atoms in total. The van der Waals surface area contributed by atoms with E-state index in [1.165, 1.54) is 20.2 Å². The van der Waals surface area contributed by atoms with Crippen molar-refractivity contribution in [3.05, 3.63) is 34.3 Å². The molecular formula is C19H17BrN2O5. The topological polar surface area (TPSA) is 85.3 Å². The number of halogens is 1. The van der Waals surface area contributed by atoms with Crippen molar-refractivity contribution in [2.75, 3.05) is 7.11 Å². The van der Waals surface area contributed by atoms with E-state index in [4.69, 9.17) is 9.47 Å². The molecule has 3 aliphatic rings. The average Bonchev–Trinajstić information content (AvgIpc) is 3.29. The van der Waals surface area contributed by atoms with Gasteiger partial charge in [-0.2, -0.15) is 10.1 Å². The number of ether oxygens (including phenoxy) is 2. The van der Waals surface area contributed by atoms with Crippen LogP contribution in [0.5, 0.6) is 11.5 Å². The Balaban J connectivity index is 1.58. The van der Waals surface area contributed by atoms with Gasteiger partial charge in [0.25, 0.3) is 11.8 Å². The third kappa shape index (κ3) is 2.88. The highest BCUT2D eigenvalue weighted by Gasteiger charge is 2.59. The minimum Gasteiger partial charge on any atom is -0.493 e. The van der Waals surface area contributed by atoms with Crippen LogP contribution in [0.1, 0.15) is 18.9 Å². The molecule has 0 aromatic heterocycles. The summed E-state index contributed by atoms with van der Waals surface area (Å²) in [5, 5.41) is 5.13. The molecule has 1 aromatic rings. The Bertz CT molecular complexity index is 880. The third-order valence-corrected chi connectivity index (χ3v) is 5.86. The lowest BCUT2D eigenvalue weighted by molar-refractivity contribution is -0.140. The van der Waals surface area contributed by atoms with Crippen molar-refractivity contribution in [2.24, 2.45) is 28.8 Å². The number of fused-ring (bicyclic) bond motifs is 5. The predicted octanol–water partition coefficient (Wildman–Crippen LogP) is 2.52. The summed E-state index contributed by atoms with van der Waals surface area (Å²) in [5.41, 5.74) is 0.591. The van der Waals surface area contributed by atoms with E-state index >= 15 is 0 Å². The SMILES string of the molecule is COc1cc(C=NN2C(=O)C3C4C=CC(C4)C3C2=O)cc(Br)c1OC(C)=O. The Morgan fingerprint density at radius 2 is 1.85 bits per heavy atom. The monoisotopic (exact) mass is 432 g/mol. The van der Waals surface area contributed by atoms with Crippen LogP contribution in [0.25, 0.3) is 0 Å². The highest BCUT2D eigenvalue weighted by atomic mass is 79.9. The maximum Gasteiger partial charge on any atom is 0.308 e. The summed E-state index contributed by atoms with van der Waals surface area (Å²) in [6.07, 6.45) is 6.39. The summed E-state index contributed by atoms with van der Waals surface area (Å²) >= 11 is 3.33. The summed E-state index contributed by atoms with van der Waals surface area (Å²) in [6, 6.07) is 3.28. The number of methoxy groups -OCH3 is 1.